The Morgan fingerprint density at radius 1 is 1.12 bits per heavy atom. The number of carbonyl (C=O) groups is 1. The molecule has 0 aromatic heterocycles. The van der Waals surface area contributed by atoms with Gasteiger partial charge in [0.2, 0.25) is 15.9 Å². The van der Waals surface area contributed by atoms with E-state index < -0.39 is 19.9 Å². The summed E-state index contributed by atoms with van der Waals surface area (Å²) in [5.74, 6) is -0.385. The Morgan fingerprint density at radius 2 is 1.73 bits per heavy atom. The van der Waals surface area contributed by atoms with E-state index in [1.165, 1.54) is 28.6 Å². The maximum absolute atomic E-state index is 12.6. The second-order valence-corrected chi connectivity index (χ2v) is 11.3. The highest BCUT2D eigenvalue weighted by Crippen LogP contribution is 2.25. The highest BCUT2D eigenvalue weighted by atomic mass is 35.5. The van der Waals surface area contributed by atoms with Gasteiger partial charge in [-0.1, -0.05) is 11.6 Å². The zero-order valence-electron chi connectivity index (χ0n) is 14.1. The highest BCUT2D eigenvalue weighted by Gasteiger charge is 2.34. The van der Waals surface area contributed by atoms with Gasteiger partial charge >= 0.3 is 0 Å². The van der Waals surface area contributed by atoms with Crippen molar-refractivity contribution in [2.45, 2.75) is 30.2 Å². The summed E-state index contributed by atoms with van der Waals surface area (Å²) in [6.07, 6.45) is 1.27. The van der Waals surface area contributed by atoms with E-state index in [2.05, 4.69) is 5.32 Å². The predicted molar refractivity (Wildman–Crippen MR) is 98.1 cm³/mol. The molecule has 0 bridgehead atoms. The minimum Gasteiger partial charge on any atom is -0.352 e. The first kappa shape index (κ1) is 19.6. The molecule has 0 spiro atoms. The molecule has 0 radical (unpaired) electrons. The number of amides is 1. The SMILES string of the molecule is O=C(NC1CCS(=O)(=O)C1)C1CCN(S(=O)(=O)c2ccc(Cl)cc2)CC1. The summed E-state index contributed by atoms with van der Waals surface area (Å²) in [5, 5.41) is 3.26. The largest absolute Gasteiger partial charge is 0.352 e. The van der Waals surface area contributed by atoms with E-state index in [1.54, 1.807) is 0 Å². The summed E-state index contributed by atoms with van der Waals surface area (Å²) in [5.41, 5.74) is 0. The van der Waals surface area contributed by atoms with Gasteiger partial charge in [-0.3, -0.25) is 4.79 Å². The molecule has 0 aliphatic carbocycles. The van der Waals surface area contributed by atoms with Gasteiger partial charge in [0.25, 0.3) is 0 Å². The topological polar surface area (TPSA) is 101 Å². The van der Waals surface area contributed by atoms with Crippen LogP contribution in [0.2, 0.25) is 5.02 Å². The Balaban J connectivity index is 1.57. The van der Waals surface area contributed by atoms with Crippen molar-refractivity contribution in [1.29, 1.82) is 0 Å². The van der Waals surface area contributed by atoms with Gasteiger partial charge in [-0.05, 0) is 43.5 Å². The minimum absolute atomic E-state index is 0.0114. The molecule has 2 aliphatic rings. The summed E-state index contributed by atoms with van der Waals surface area (Å²) >= 11 is 5.80. The van der Waals surface area contributed by atoms with Crippen LogP contribution in [0.25, 0.3) is 0 Å². The predicted octanol–water partition coefficient (Wildman–Crippen LogP) is 1.04. The normalized spacial score (nSPS) is 24.4. The molecule has 2 fully saturated rings. The maximum atomic E-state index is 12.6. The summed E-state index contributed by atoms with van der Waals surface area (Å²) in [6, 6.07) is 5.67. The van der Waals surface area contributed by atoms with Crippen molar-refractivity contribution in [1.82, 2.24) is 9.62 Å². The molecule has 26 heavy (non-hydrogen) atoms. The summed E-state index contributed by atoms with van der Waals surface area (Å²) in [7, 11) is -6.65. The van der Waals surface area contributed by atoms with E-state index in [0.717, 1.165) is 0 Å². The quantitative estimate of drug-likeness (QED) is 0.784. The molecule has 3 rings (SSSR count). The van der Waals surface area contributed by atoms with Gasteiger partial charge in [-0.15, -0.1) is 0 Å². The molecule has 1 amide bonds. The molecule has 10 heteroatoms. The van der Waals surface area contributed by atoms with E-state index in [-0.39, 0.29) is 47.4 Å². The molecule has 7 nitrogen and oxygen atoms in total. The number of sulfone groups is 1. The third kappa shape index (κ3) is 4.39. The fourth-order valence-corrected chi connectivity index (χ4v) is 6.61. The lowest BCUT2D eigenvalue weighted by molar-refractivity contribution is -0.126. The number of nitrogens with one attached hydrogen (secondary N) is 1. The van der Waals surface area contributed by atoms with Crippen molar-refractivity contribution >= 4 is 37.4 Å². The molecule has 144 valence electrons. The van der Waals surface area contributed by atoms with Crippen LogP contribution in [0, 0.1) is 5.92 Å². The van der Waals surface area contributed by atoms with Gasteiger partial charge in [-0.2, -0.15) is 4.31 Å². The van der Waals surface area contributed by atoms with Crippen LogP contribution in [0.5, 0.6) is 0 Å². The Bertz CT molecular complexity index is 876. The zero-order chi connectivity index (χ0) is 18.9. The minimum atomic E-state index is -3.60. The van der Waals surface area contributed by atoms with E-state index in [9.17, 15) is 21.6 Å². The van der Waals surface area contributed by atoms with Crippen LogP contribution in [0.1, 0.15) is 19.3 Å². The number of piperidine rings is 1. The standard InChI is InChI=1S/C16H21ClN2O5S2/c17-13-1-3-15(4-2-13)26(23,24)19-8-5-12(6-9-19)16(20)18-14-7-10-25(21,22)11-14/h1-4,12,14H,5-11H2,(H,18,20). The van der Waals surface area contributed by atoms with E-state index in [0.29, 0.717) is 24.3 Å². The Labute approximate surface area is 158 Å². The molecule has 1 aromatic rings. The first-order chi connectivity index (χ1) is 12.2. The van der Waals surface area contributed by atoms with Crippen LogP contribution in [0.15, 0.2) is 29.2 Å². The van der Waals surface area contributed by atoms with Crippen molar-refractivity contribution in [2.75, 3.05) is 24.6 Å². The Hall–Kier alpha value is -1.16. The molecule has 2 heterocycles. The average molecular weight is 421 g/mol. The molecule has 2 aliphatic heterocycles. The summed E-state index contributed by atoms with van der Waals surface area (Å²) in [4.78, 5) is 12.5. The first-order valence-electron chi connectivity index (χ1n) is 8.44. The average Bonchev–Trinajstić information content (AvgIpc) is 2.94. The molecule has 0 saturated carbocycles. The van der Waals surface area contributed by atoms with Gasteiger partial charge < -0.3 is 5.32 Å². The van der Waals surface area contributed by atoms with E-state index in [4.69, 9.17) is 11.6 Å². The monoisotopic (exact) mass is 420 g/mol. The molecule has 1 aromatic carbocycles. The number of rotatable bonds is 4. The van der Waals surface area contributed by atoms with Crippen LogP contribution in [-0.4, -0.2) is 57.7 Å². The zero-order valence-corrected chi connectivity index (χ0v) is 16.5. The molecular formula is C16H21ClN2O5S2. The highest BCUT2D eigenvalue weighted by molar-refractivity contribution is 7.91. The van der Waals surface area contributed by atoms with Crippen LogP contribution < -0.4 is 5.32 Å². The van der Waals surface area contributed by atoms with Crippen molar-refractivity contribution in [3.63, 3.8) is 0 Å². The fraction of sp³-hybridized carbons (Fsp3) is 0.562. The smallest absolute Gasteiger partial charge is 0.243 e. The van der Waals surface area contributed by atoms with Gasteiger partial charge in [-0.25, -0.2) is 16.8 Å². The van der Waals surface area contributed by atoms with Gasteiger partial charge in [0.05, 0.1) is 16.4 Å². The van der Waals surface area contributed by atoms with Crippen molar-refractivity contribution < 1.29 is 21.6 Å². The first-order valence-corrected chi connectivity index (χ1v) is 12.1. The van der Waals surface area contributed by atoms with Crippen molar-refractivity contribution in [3.8, 4) is 0 Å². The molecule has 1 N–H and O–H groups in total. The number of nitrogens with zero attached hydrogens (tertiary/aromatic N) is 1. The van der Waals surface area contributed by atoms with E-state index in [1.807, 2.05) is 0 Å². The number of hydrogen-bond acceptors (Lipinski definition) is 5. The number of benzene rings is 1. The number of sulfonamides is 1. The number of carbonyl (C=O) groups excluding carboxylic acids is 1. The summed E-state index contributed by atoms with van der Waals surface area (Å²) < 4.78 is 49.6. The fourth-order valence-electron chi connectivity index (χ4n) is 3.34. The molecule has 1 atom stereocenters. The molecular weight excluding hydrogens is 400 g/mol. The van der Waals surface area contributed by atoms with Crippen LogP contribution in [0.3, 0.4) is 0 Å². The maximum Gasteiger partial charge on any atom is 0.243 e. The van der Waals surface area contributed by atoms with Crippen molar-refractivity contribution in [3.05, 3.63) is 29.3 Å². The number of halogens is 1. The van der Waals surface area contributed by atoms with Crippen molar-refractivity contribution in [2.24, 2.45) is 5.92 Å². The lowest BCUT2D eigenvalue weighted by Crippen LogP contribution is -2.45. The van der Waals surface area contributed by atoms with Crippen LogP contribution >= 0.6 is 11.6 Å². The second kappa shape index (κ2) is 7.46. The lowest BCUT2D eigenvalue weighted by atomic mass is 9.97. The third-order valence-corrected chi connectivity index (χ3v) is 8.79. The van der Waals surface area contributed by atoms with Gasteiger partial charge in [0.15, 0.2) is 9.84 Å². The second-order valence-electron chi connectivity index (χ2n) is 6.74. The van der Waals surface area contributed by atoms with Gasteiger partial charge in [0.1, 0.15) is 0 Å². The third-order valence-electron chi connectivity index (χ3n) is 4.85. The summed E-state index contributed by atoms with van der Waals surface area (Å²) in [6.45, 7) is 0.512. The van der Waals surface area contributed by atoms with Gasteiger partial charge in [0, 0.05) is 30.1 Å². The van der Waals surface area contributed by atoms with Crippen LogP contribution in [0.4, 0.5) is 0 Å². The number of hydrogen-bond donors (Lipinski definition) is 1. The molecule has 1 unspecified atom stereocenters. The molecule has 2 saturated heterocycles. The van der Waals surface area contributed by atoms with Crippen LogP contribution in [-0.2, 0) is 24.7 Å². The lowest BCUT2D eigenvalue weighted by Gasteiger charge is -2.31. The Kier molecular flexibility index (Phi) is 5.62. The Morgan fingerprint density at radius 3 is 2.27 bits per heavy atom. The van der Waals surface area contributed by atoms with E-state index >= 15 is 0 Å².